The van der Waals surface area contributed by atoms with E-state index >= 15 is 0 Å². The van der Waals surface area contributed by atoms with Gasteiger partial charge in [0.1, 0.15) is 5.82 Å². The number of carbonyl (C=O) groups excluding carboxylic acids is 1. The Bertz CT molecular complexity index is 392. The Hall–Kier alpha value is -1.42. The van der Waals surface area contributed by atoms with Crippen LogP contribution in [0.1, 0.15) is 32.3 Å². The van der Waals surface area contributed by atoms with Crippen LogP contribution in [-0.2, 0) is 11.2 Å². The highest BCUT2D eigenvalue weighted by molar-refractivity contribution is 5.78. The zero-order chi connectivity index (χ0) is 14.3. The number of amides is 1. The zero-order valence-electron chi connectivity index (χ0n) is 11.7. The molecule has 0 saturated heterocycles. The quantitative estimate of drug-likeness (QED) is 0.795. The molecule has 1 rings (SSSR count). The van der Waals surface area contributed by atoms with Crippen molar-refractivity contribution in [3.63, 3.8) is 0 Å². The van der Waals surface area contributed by atoms with E-state index in [1.807, 2.05) is 13.8 Å². The second-order valence-electron chi connectivity index (χ2n) is 5.07. The molecule has 0 heterocycles. The molecule has 2 unspecified atom stereocenters. The van der Waals surface area contributed by atoms with Gasteiger partial charge in [-0.1, -0.05) is 19.1 Å². The molecule has 0 saturated carbocycles. The average Bonchev–Trinajstić information content (AvgIpc) is 2.38. The van der Waals surface area contributed by atoms with Crippen LogP contribution in [0.2, 0.25) is 0 Å². The lowest BCUT2D eigenvalue weighted by molar-refractivity contribution is -0.125. The molecule has 3 nitrogen and oxygen atoms in total. The fraction of sp³-hybridized carbons (Fsp3) is 0.533. The van der Waals surface area contributed by atoms with Crippen LogP contribution >= 0.6 is 0 Å². The standard InChI is InChI=1S/C15H23FN2O/c1-11(4-3-9-17)15(19)18-12(2)10-13-5-7-14(16)8-6-13/h5-8,11-12H,3-4,9-10,17H2,1-2H3,(H,18,19). The van der Waals surface area contributed by atoms with Crippen LogP contribution in [-0.4, -0.2) is 18.5 Å². The predicted octanol–water partition coefficient (Wildman–Crippen LogP) is 2.25. The molecule has 0 aliphatic heterocycles. The third kappa shape index (κ3) is 5.83. The molecule has 1 aromatic rings. The van der Waals surface area contributed by atoms with E-state index < -0.39 is 0 Å². The second kappa shape index (κ2) is 7.89. The number of rotatable bonds is 7. The molecule has 19 heavy (non-hydrogen) atoms. The fourth-order valence-electron chi connectivity index (χ4n) is 1.97. The summed E-state index contributed by atoms with van der Waals surface area (Å²) in [5, 5.41) is 2.98. The third-order valence-electron chi connectivity index (χ3n) is 3.13. The van der Waals surface area contributed by atoms with E-state index in [9.17, 15) is 9.18 Å². The van der Waals surface area contributed by atoms with Crippen LogP contribution in [0.25, 0.3) is 0 Å². The van der Waals surface area contributed by atoms with Gasteiger partial charge in [0.2, 0.25) is 5.91 Å². The molecule has 0 radical (unpaired) electrons. The molecule has 0 fully saturated rings. The molecule has 106 valence electrons. The largest absolute Gasteiger partial charge is 0.353 e. The molecule has 0 aliphatic rings. The topological polar surface area (TPSA) is 55.1 Å². The number of halogens is 1. The van der Waals surface area contributed by atoms with Gasteiger partial charge in [-0.2, -0.15) is 0 Å². The highest BCUT2D eigenvalue weighted by Crippen LogP contribution is 2.08. The Labute approximate surface area is 114 Å². The summed E-state index contributed by atoms with van der Waals surface area (Å²) in [6, 6.07) is 6.41. The first-order chi connectivity index (χ1) is 9.02. The van der Waals surface area contributed by atoms with E-state index in [0.717, 1.165) is 18.4 Å². The van der Waals surface area contributed by atoms with Crippen LogP contribution in [0.5, 0.6) is 0 Å². The van der Waals surface area contributed by atoms with Gasteiger partial charge in [0.15, 0.2) is 0 Å². The Morgan fingerprint density at radius 1 is 1.32 bits per heavy atom. The summed E-state index contributed by atoms with van der Waals surface area (Å²) in [4.78, 5) is 11.9. The van der Waals surface area contributed by atoms with Gasteiger partial charge in [0, 0.05) is 12.0 Å². The summed E-state index contributed by atoms with van der Waals surface area (Å²) in [6.45, 7) is 4.48. The maximum Gasteiger partial charge on any atom is 0.223 e. The first kappa shape index (κ1) is 15.6. The molecule has 0 spiro atoms. The first-order valence-electron chi connectivity index (χ1n) is 6.77. The molecule has 0 aromatic heterocycles. The van der Waals surface area contributed by atoms with Crippen LogP contribution in [0.4, 0.5) is 4.39 Å². The lowest BCUT2D eigenvalue weighted by atomic mass is 10.0. The van der Waals surface area contributed by atoms with Crippen LogP contribution in [0, 0.1) is 11.7 Å². The average molecular weight is 266 g/mol. The highest BCUT2D eigenvalue weighted by atomic mass is 19.1. The minimum Gasteiger partial charge on any atom is -0.353 e. The van der Waals surface area contributed by atoms with Crippen molar-refractivity contribution in [2.75, 3.05) is 6.54 Å². The Morgan fingerprint density at radius 2 is 1.95 bits per heavy atom. The van der Waals surface area contributed by atoms with Gasteiger partial charge in [-0.15, -0.1) is 0 Å². The summed E-state index contributed by atoms with van der Waals surface area (Å²) < 4.78 is 12.8. The lowest BCUT2D eigenvalue weighted by Crippen LogP contribution is -2.37. The maximum absolute atomic E-state index is 12.8. The van der Waals surface area contributed by atoms with Crippen molar-refractivity contribution in [2.45, 2.75) is 39.2 Å². The summed E-state index contributed by atoms with van der Waals surface area (Å²) in [6.07, 6.45) is 2.38. The minimum absolute atomic E-state index is 0.0146. The van der Waals surface area contributed by atoms with E-state index in [4.69, 9.17) is 5.73 Å². The van der Waals surface area contributed by atoms with Crippen LogP contribution in [0.3, 0.4) is 0 Å². The monoisotopic (exact) mass is 266 g/mol. The zero-order valence-corrected chi connectivity index (χ0v) is 11.7. The second-order valence-corrected chi connectivity index (χ2v) is 5.07. The SMILES string of the molecule is CC(Cc1ccc(F)cc1)NC(=O)C(C)CCCN. The molecule has 0 aliphatic carbocycles. The normalized spacial score (nSPS) is 13.9. The van der Waals surface area contributed by atoms with Crippen molar-refractivity contribution in [3.8, 4) is 0 Å². The van der Waals surface area contributed by atoms with Crippen molar-refractivity contribution in [2.24, 2.45) is 11.7 Å². The summed E-state index contributed by atoms with van der Waals surface area (Å²) in [5.41, 5.74) is 6.45. The summed E-state index contributed by atoms with van der Waals surface area (Å²) in [5.74, 6) is -0.196. The van der Waals surface area contributed by atoms with E-state index in [0.29, 0.717) is 13.0 Å². The van der Waals surface area contributed by atoms with Gasteiger partial charge in [0.05, 0.1) is 0 Å². The number of nitrogens with two attached hydrogens (primary N) is 1. The van der Waals surface area contributed by atoms with Crippen molar-refractivity contribution >= 4 is 5.91 Å². The summed E-state index contributed by atoms with van der Waals surface area (Å²) in [7, 11) is 0. The Morgan fingerprint density at radius 3 is 2.53 bits per heavy atom. The van der Waals surface area contributed by atoms with E-state index in [-0.39, 0.29) is 23.7 Å². The van der Waals surface area contributed by atoms with Gasteiger partial charge in [-0.25, -0.2) is 4.39 Å². The Balaban J connectivity index is 2.39. The van der Waals surface area contributed by atoms with Crippen molar-refractivity contribution in [3.05, 3.63) is 35.6 Å². The van der Waals surface area contributed by atoms with Crippen LogP contribution < -0.4 is 11.1 Å². The number of benzene rings is 1. The fourth-order valence-corrected chi connectivity index (χ4v) is 1.97. The van der Waals surface area contributed by atoms with Crippen LogP contribution in [0.15, 0.2) is 24.3 Å². The van der Waals surface area contributed by atoms with Crippen molar-refractivity contribution in [1.82, 2.24) is 5.32 Å². The van der Waals surface area contributed by atoms with E-state index in [1.54, 1.807) is 12.1 Å². The lowest BCUT2D eigenvalue weighted by Gasteiger charge is -2.17. The number of carbonyl (C=O) groups is 1. The van der Waals surface area contributed by atoms with Gasteiger partial charge < -0.3 is 11.1 Å². The minimum atomic E-state index is -0.240. The molecule has 1 aromatic carbocycles. The first-order valence-corrected chi connectivity index (χ1v) is 6.77. The molecule has 3 N–H and O–H groups in total. The van der Waals surface area contributed by atoms with Crippen molar-refractivity contribution in [1.29, 1.82) is 0 Å². The van der Waals surface area contributed by atoms with E-state index in [1.165, 1.54) is 12.1 Å². The molecule has 2 atom stereocenters. The molecular weight excluding hydrogens is 243 g/mol. The third-order valence-corrected chi connectivity index (χ3v) is 3.13. The van der Waals surface area contributed by atoms with E-state index in [2.05, 4.69) is 5.32 Å². The highest BCUT2D eigenvalue weighted by Gasteiger charge is 2.14. The Kier molecular flexibility index (Phi) is 6.50. The number of hydrogen-bond acceptors (Lipinski definition) is 2. The molecule has 4 heteroatoms. The van der Waals surface area contributed by atoms with Gasteiger partial charge in [-0.05, 0) is 50.4 Å². The van der Waals surface area contributed by atoms with Gasteiger partial charge in [0.25, 0.3) is 0 Å². The number of hydrogen-bond donors (Lipinski definition) is 2. The summed E-state index contributed by atoms with van der Waals surface area (Å²) >= 11 is 0. The molecule has 0 bridgehead atoms. The van der Waals surface area contributed by atoms with Gasteiger partial charge in [-0.3, -0.25) is 4.79 Å². The smallest absolute Gasteiger partial charge is 0.223 e. The molecular formula is C15H23FN2O. The molecule has 1 amide bonds. The number of nitrogens with one attached hydrogen (secondary N) is 1. The maximum atomic E-state index is 12.8. The van der Waals surface area contributed by atoms with Gasteiger partial charge >= 0.3 is 0 Å². The van der Waals surface area contributed by atoms with Crippen molar-refractivity contribution < 1.29 is 9.18 Å². The predicted molar refractivity (Wildman–Crippen MR) is 75.2 cm³/mol.